The van der Waals surface area contributed by atoms with Crippen molar-refractivity contribution in [1.82, 2.24) is 9.80 Å². The molecule has 0 amide bonds. The van der Waals surface area contributed by atoms with Gasteiger partial charge in [-0.25, -0.2) is 0 Å². The van der Waals surface area contributed by atoms with Gasteiger partial charge < -0.3 is 19.5 Å². The molecular formula is C46H82N2O5. The summed E-state index contributed by atoms with van der Waals surface area (Å²) in [5, 5.41) is 9.32. The lowest BCUT2D eigenvalue weighted by molar-refractivity contribution is -0.145. The molecule has 3 unspecified atom stereocenters. The Labute approximate surface area is 326 Å². The zero-order valence-electron chi connectivity index (χ0n) is 34.8. The van der Waals surface area contributed by atoms with Crippen LogP contribution in [0.1, 0.15) is 175 Å². The number of ether oxygens (including phenoxy) is 2. The van der Waals surface area contributed by atoms with Crippen molar-refractivity contribution < 1.29 is 24.2 Å². The summed E-state index contributed by atoms with van der Waals surface area (Å²) in [5.41, 5.74) is 8.28. The summed E-state index contributed by atoms with van der Waals surface area (Å²) >= 11 is 0. The standard InChI is InChI=1S/C46H82N2O5/c1-5-8-19-26-42(4)39-45(50)52-37-24-17-13-11-15-22-29-44(41-48-33-31-47(32-34-48)35-36-49)30-23-16-12-14-18-25-38-53-46(51)40-43(27-20-9-6-2)28-21-10-7-3/h27,42-44,49H,2,5,7-8,10-19,21-26,28-41H2,1,3-4H3. The van der Waals surface area contributed by atoms with Gasteiger partial charge in [0.2, 0.25) is 0 Å². The van der Waals surface area contributed by atoms with Crippen molar-refractivity contribution in [3.05, 3.63) is 29.8 Å². The minimum Gasteiger partial charge on any atom is -0.466 e. The van der Waals surface area contributed by atoms with Gasteiger partial charge in [-0.15, -0.1) is 0 Å². The number of carbonyl (C=O) groups is 2. The Kier molecular flexibility index (Phi) is 32.9. The summed E-state index contributed by atoms with van der Waals surface area (Å²) in [6.45, 7) is 17.8. The molecule has 1 rings (SSSR count). The van der Waals surface area contributed by atoms with Crippen LogP contribution in [-0.4, -0.2) is 85.9 Å². The van der Waals surface area contributed by atoms with E-state index in [0.29, 0.717) is 32.0 Å². The number of rotatable bonds is 35. The van der Waals surface area contributed by atoms with E-state index in [1.165, 1.54) is 96.4 Å². The summed E-state index contributed by atoms with van der Waals surface area (Å²) in [6, 6.07) is 0. The highest BCUT2D eigenvalue weighted by atomic mass is 16.5. The normalized spacial score (nSPS) is 15.2. The first-order valence-corrected chi connectivity index (χ1v) is 22.1. The number of hydrogen-bond donors (Lipinski definition) is 1. The maximum atomic E-state index is 12.4. The molecule has 1 aliphatic heterocycles. The molecule has 0 bridgehead atoms. The van der Waals surface area contributed by atoms with Crippen molar-refractivity contribution >= 4 is 11.9 Å². The van der Waals surface area contributed by atoms with Crippen LogP contribution < -0.4 is 0 Å². The maximum absolute atomic E-state index is 12.4. The van der Waals surface area contributed by atoms with Crippen molar-refractivity contribution in [2.75, 3.05) is 59.1 Å². The van der Waals surface area contributed by atoms with Gasteiger partial charge >= 0.3 is 11.9 Å². The van der Waals surface area contributed by atoms with Crippen molar-refractivity contribution in [2.24, 2.45) is 17.8 Å². The Balaban J connectivity index is 2.26. The molecule has 0 aromatic heterocycles. The molecule has 0 aromatic rings. The molecule has 0 spiro atoms. The maximum Gasteiger partial charge on any atom is 0.306 e. The van der Waals surface area contributed by atoms with Crippen molar-refractivity contribution in [3.63, 3.8) is 0 Å². The Morgan fingerprint density at radius 2 is 1.17 bits per heavy atom. The first-order valence-electron chi connectivity index (χ1n) is 22.1. The number of unbranched alkanes of at least 4 members (excludes halogenated alkanes) is 14. The predicted octanol–water partition coefficient (Wildman–Crippen LogP) is 10.6. The molecule has 1 aliphatic rings. The van der Waals surface area contributed by atoms with Crippen LogP contribution in [0.15, 0.2) is 29.8 Å². The quantitative estimate of drug-likeness (QED) is 0.0393. The second-order valence-corrected chi connectivity index (χ2v) is 15.9. The van der Waals surface area contributed by atoms with Crippen LogP contribution in [0.2, 0.25) is 0 Å². The molecule has 7 heteroatoms. The molecule has 1 N–H and O–H groups in total. The molecule has 53 heavy (non-hydrogen) atoms. The summed E-state index contributed by atoms with van der Waals surface area (Å²) in [7, 11) is 0. The number of esters is 2. The Morgan fingerprint density at radius 3 is 1.72 bits per heavy atom. The highest BCUT2D eigenvalue weighted by molar-refractivity contribution is 5.70. The van der Waals surface area contributed by atoms with Gasteiger partial charge in [-0.1, -0.05) is 141 Å². The average molecular weight is 743 g/mol. The van der Waals surface area contributed by atoms with Gasteiger partial charge in [0, 0.05) is 45.7 Å². The monoisotopic (exact) mass is 743 g/mol. The number of nitrogens with zero attached hydrogens (tertiary/aromatic N) is 2. The van der Waals surface area contributed by atoms with Crippen molar-refractivity contribution in [2.45, 2.75) is 175 Å². The zero-order chi connectivity index (χ0) is 38.6. The minimum atomic E-state index is -0.107. The highest BCUT2D eigenvalue weighted by Crippen LogP contribution is 2.22. The summed E-state index contributed by atoms with van der Waals surface area (Å²) in [6.07, 6.45) is 29.0. The number of hydrogen-bond acceptors (Lipinski definition) is 7. The fraction of sp³-hybridized carbons (Fsp3) is 0.848. The number of aliphatic hydroxyl groups excluding tert-OH is 1. The topological polar surface area (TPSA) is 79.3 Å². The lowest BCUT2D eigenvalue weighted by Crippen LogP contribution is -2.48. The molecule has 7 nitrogen and oxygen atoms in total. The summed E-state index contributed by atoms with van der Waals surface area (Å²) in [5.74, 6) is 1.20. The second-order valence-electron chi connectivity index (χ2n) is 15.9. The fourth-order valence-electron chi connectivity index (χ4n) is 7.46. The number of β-amino-alcohol motifs (C(OH)–C–C–N with tert-alkyl or cyclic N) is 1. The van der Waals surface area contributed by atoms with Crippen LogP contribution in [0.5, 0.6) is 0 Å². The predicted molar refractivity (Wildman–Crippen MR) is 221 cm³/mol. The van der Waals surface area contributed by atoms with E-state index in [2.05, 4.69) is 54.3 Å². The van der Waals surface area contributed by atoms with E-state index in [4.69, 9.17) is 9.47 Å². The minimum absolute atomic E-state index is 0.0184. The molecule has 0 saturated carbocycles. The Bertz CT molecular complexity index is 1010. The smallest absolute Gasteiger partial charge is 0.306 e. The fourth-order valence-corrected chi connectivity index (χ4v) is 7.46. The lowest BCUT2D eigenvalue weighted by Gasteiger charge is -2.36. The van der Waals surface area contributed by atoms with E-state index in [9.17, 15) is 14.7 Å². The van der Waals surface area contributed by atoms with Crippen molar-refractivity contribution in [1.29, 1.82) is 0 Å². The third kappa shape index (κ3) is 29.9. The SMILES string of the molecule is C=C=C=C=CC(CCCCC)CC(=O)OCCCCCCCCC(CCCCCCCCOC(=O)CC(C)CCCCC)CN1CCN(CCO)CC1. The highest BCUT2D eigenvalue weighted by Gasteiger charge is 2.20. The molecule has 0 aliphatic carbocycles. The van der Waals surface area contributed by atoms with E-state index in [1.807, 2.05) is 6.08 Å². The number of aliphatic hydroxyl groups is 1. The van der Waals surface area contributed by atoms with E-state index in [-0.39, 0.29) is 24.5 Å². The number of carbonyl (C=O) groups excluding carboxylic acids is 2. The van der Waals surface area contributed by atoms with E-state index in [0.717, 1.165) is 90.0 Å². The van der Waals surface area contributed by atoms with Crippen LogP contribution in [0.4, 0.5) is 0 Å². The average Bonchev–Trinajstić information content (AvgIpc) is 3.14. The van der Waals surface area contributed by atoms with Crippen LogP contribution >= 0.6 is 0 Å². The molecule has 1 fully saturated rings. The largest absolute Gasteiger partial charge is 0.466 e. The molecule has 3 atom stereocenters. The van der Waals surface area contributed by atoms with Gasteiger partial charge in [0.05, 0.1) is 26.2 Å². The third-order valence-corrected chi connectivity index (χ3v) is 10.8. The first kappa shape index (κ1) is 48.9. The van der Waals surface area contributed by atoms with Gasteiger partial charge in [-0.3, -0.25) is 14.5 Å². The molecule has 1 saturated heterocycles. The molecule has 306 valence electrons. The van der Waals surface area contributed by atoms with E-state index < -0.39 is 0 Å². The van der Waals surface area contributed by atoms with Gasteiger partial charge in [-0.2, -0.15) is 0 Å². The van der Waals surface area contributed by atoms with Crippen LogP contribution in [0.25, 0.3) is 0 Å². The van der Waals surface area contributed by atoms with Gasteiger partial charge in [-0.05, 0) is 68.2 Å². The lowest BCUT2D eigenvalue weighted by atomic mass is 9.93. The molecule has 0 radical (unpaired) electrons. The second kappa shape index (κ2) is 35.6. The third-order valence-electron chi connectivity index (χ3n) is 10.8. The molecule has 1 heterocycles. The van der Waals surface area contributed by atoms with Crippen molar-refractivity contribution in [3.8, 4) is 0 Å². The van der Waals surface area contributed by atoms with Crippen LogP contribution in [0.3, 0.4) is 0 Å². The van der Waals surface area contributed by atoms with E-state index in [1.54, 1.807) is 0 Å². The first-order chi connectivity index (χ1) is 25.9. The van der Waals surface area contributed by atoms with E-state index >= 15 is 0 Å². The van der Waals surface area contributed by atoms with Crippen LogP contribution in [0, 0.1) is 17.8 Å². The molecular weight excluding hydrogens is 661 g/mol. The number of piperazine rings is 1. The Morgan fingerprint density at radius 1 is 0.679 bits per heavy atom. The molecule has 0 aromatic carbocycles. The Hall–Kier alpha value is -2.10. The van der Waals surface area contributed by atoms with Crippen LogP contribution in [-0.2, 0) is 19.1 Å². The number of allylic oxidation sites excluding steroid dienone is 1. The zero-order valence-corrected chi connectivity index (χ0v) is 34.8. The van der Waals surface area contributed by atoms with Gasteiger partial charge in [0.25, 0.3) is 0 Å². The van der Waals surface area contributed by atoms with Gasteiger partial charge in [0.1, 0.15) is 0 Å². The van der Waals surface area contributed by atoms with Gasteiger partial charge in [0.15, 0.2) is 0 Å². The summed E-state index contributed by atoms with van der Waals surface area (Å²) < 4.78 is 11.1. The summed E-state index contributed by atoms with van der Waals surface area (Å²) in [4.78, 5) is 29.6.